The van der Waals surface area contributed by atoms with Crippen molar-refractivity contribution in [1.29, 1.82) is 0 Å². The Balaban J connectivity index is 0.00000192. The molecular weight excluding hydrogens is 381 g/mol. The summed E-state index contributed by atoms with van der Waals surface area (Å²) in [5.41, 5.74) is 0.318. The number of halogens is 2. The highest BCUT2D eigenvalue weighted by Crippen LogP contribution is 2.50. The second-order valence-corrected chi connectivity index (χ2v) is 8.96. The van der Waals surface area contributed by atoms with Crippen LogP contribution in [-0.2, 0) is 16.0 Å². The van der Waals surface area contributed by atoms with Gasteiger partial charge in [-0.2, -0.15) is 0 Å². The summed E-state index contributed by atoms with van der Waals surface area (Å²) in [5.74, 6) is 0.424. The number of hydrogen-bond donors (Lipinski definition) is 0. The summed E-state index contributed by atoms with van der Waals surface area (Å²) >= 11 is 0. The summed E-state index contributed by atoms with van der Waals surface area (Å²) < 4.78 is 20.4. The molecule has 28 heavy (non-hydrogen) atoms. The molecule has 0 atom stereocenters. The van der Waals surface area contributed by atoms with Gasteiger partial charge in [0.2, 0.25) is 5.91 Å². The zero-order chi connectivity index (χ0) is 18.5. The quantitative estimate of drug-likeness (QED) is 0.767. The lowest BCUT2D eigenvalue weighted by molar-refractivity contribution is -0.194. The summed E-state index contributed by atoms with van der Waals surface area (Å²) in [5, 5.41) is 0. The first kappa shape index (κ1) is 20.0. The second kappa shape index (κ2) is 7.54. The van der Waals surface area contributed by atoms with Crippen molar-refractivity contribution in [3.8, 4) is 0 Å². The monoisotopic (exact) mass is 409 g/mol. The number of pyridine rings is 1. The predicted octanol–water partition coefficient (Wildman–Crippen LogP) is 2.82. The van der Waals surface area contributed by atoms with E-state index in [4.69, 9.17) is 4.74 Å². The summed E-state index contributed by atoms with van der Waals surface area (Å²) in [4.78, 5) is 21.3. The van der Waals surface area contributed by atoms with E-state index in [1.165, 1.54) is 6.07 Å². The standard InChI is InChI=1S/C21H28FN3O2.ClH/c22-17-2-1-10-23-18(17)5-11-24-12-8-21(9-13-24)15-25(19(26)16-3-4-16)14-20(27-21)6-7-20;/h1-2,10,16H,3-9,11-15H2;1H. The molecule has 5 rings (SSSR count). The van der Waals surface area contributed by atoms with Gasteiger partial charge in [-0.25, -0.2) is 4.39 Å². The van der Waals surface area contributed by atoms with Crippen molar-refractivity contribution < 1.29 is 13.9 Å². The number of amides is 1. The minimum atomic E-state index is -0.216. The molecule has 154 valence electrons. The van der Waals surface area contributed by atoms with E-state index in [-0.39, 0.29) is 35.3 Å². The third-order valence-corrected chi connectivity index (χ3v) is 6.70. The van der Waals surface area contributed by atoms with Gasteiger partial charge in [0, 0.05) is 51.3 Å². The molecule has 2 saturated heterocycles. The zero-order valence-corrected chi connectivity index (χ0v) is 17.1. The molecule has 7 heteroatoms. The Bertz CT molecular complexity index is 730. The van der Waals surface area contributed by atoms with Gasteiger partial charge in [0.1, 0.15) is 5.82 Å². The molecule has 0 aromatic carbocycles. The number of rotatable bonds is 4. The molecule has 2 aliphatic heterocycles. The molecule has 1 aromatic rings. The summed E-state index contributed by atoms with van der Waals surface area (Å²) in [6.07, 6.45) is 8.50. The molecule has 1 aromatic heterocycles. The van der Waals surface area contributed by atoms with E-state index in [9.17, 15) is 9.18 Å². The van der Waals surface area contributed by atoms with Gasteiger partial charge in [-0.1, -0.05) is 0 Å². The third-order valence-electron chi connectivity index (χ3n) is 6.70. The largest absolute Gasteiger partial charge is 0.365 e. The van der Waals surface area contributed by atoms with Crippen molar-refractivity contribution >= 4 is 18.3 Å². The van der Waals surface area contributed by atoms with Crippen LogP contribution >= 0.6 is 12.4 Å². The van der Waals surface area contributed by atoms with E-state index in [0.717, 1.165) is 71.2 Å². The van der Waals surface area contributed by atoms with Gasteiger partial charge in [-0.3, -0.25) is 9.78 Å². The van der Waals surface area contributed by atoms with Gasteiger partial charge in [0.15, 0.2) is 0 Å². The van der Waals surface area contributed by atoms with Gasteiger partial charge in [0.25, 0.3) is 0 Å². The molecule has 4 aliphatic rings. The lowest BCUT2D eigenvalue weighted by Gasteiger charge is -2.50. The van der Waals surface area contributed by atoms with Gasteiger partial charge < -0.3 is 14.5 Å². The van der Waals surface area contributed by atoms with E-state index >= 15 is 0 Å². The maximum atomic E-state index is 13.8. The lowest BCUT2D eigenvalue weighted by Crippen LogP contribution is -2.62. The van der Waals surface area contributed by atoms with Gasteiger partial charge in [-0.15, -0.1) is 12.4 Å². The molecule has 2 aliphatic carbocycles. The van der Waals surface area contributed by atoms with Crippen LogP contribution in [0, 0.1) is 11.7 Å². The smallest absolute Gasteiger partial charge is 0.225 e. The van der Waals surface area contributed by atoms with E-state index in [1.807, 2.05) is 0 Å². The fourth-order valence-corrected chi connectivity index (χ4v) is 4.73. The van der Waals surface area contributed by atoms with Crippen molar-refractivity contribution in [3.05, 3.63) is 29.8 Å². The number of hydrogen-bond acceptors (Lipinski definition) is 4. The SMILES string of the molecule is Cl.O=C(C1CC1)N1CC2(CCN(CCc3ncccc3F)CC2)OC2(CC2)C1. The summed E-state index contributed by atoms with van der Waals surface area (Å²) in [6.45, 7) is 4.26. The first-order chi connectivity index (χ1) is 13.1. The number of nitrogens with zero attached hydrogens (tertiary/aromatic N) is 3. The molecule has 0 radical (unpaired) electrons. The highest BCUT2D eigenvalue weighted by molar-refractivity contribution is 5.85. The van der Waals surface area contributed by atoms with Crippen LogP contribution in [0.5, 0.6) is 0 Å². The number of carbonyl (C=O) groups is 1. The minimum absolute atomic E-state index is 0. The van der Waals surface area contributed by atoms with Crippen LogP contribution in [0.1, 0.15) is 44.2 Å². The Labute approximate surface area is 172 Å². The van der Waals surface area contributed by atoms with Crippen molar-refractivity contribution in [2.75, 3.05) is 32.7 Å². The van der Waals surface area contributed by atoms with Crippen LogP contribution in [0.25, 0.3) is 0 Å². The number of morpholine rings is 1. The van der Waals surface area contributed by atoms with Crippen LogP contribution in [0.2, 0.25) is 0 Å². The molecule has 0 N–H and O–H groups in total. The van der Waals surface area contributed by atoms with E-state index in [1.54, 1.807) is 12.3 Å². The Hall–Kier alpha value is -1.24. The number of piperidine rings is 1. The fourth-order valence-electron chi connectivity index (χ4n) is 4.73. The first-order valence-corrected chi connectivity index (χ1v) is 10.4. The Morgan fingerprint density at radius 3 is 2.46 bits per heavy atom. The first-order valence-electron chi connectivity index (χ1n) is 10.4. The Morgan fingerprint density at radius 2 is 1.86 bits per heavy atom. The van der Waals surface area contributed by atoms with E-state index in [2.05, 4.69) is 14.8 Å². The number of carbonyl (C=O) groups excluding carboxylic acids is 1. The number of likely N-dealkylation sites (tertiary alicyclic amines) is 1. The molecule has 5 nitrogen and oxygen atoms in total. The van der Waals surface area contributed by atoms with Gasteiger partial charge >= 0.3 is 0 Å². The fraction of sp³-hybridized carbons (Fsp3) is 0.714. The molecule has 0 unspecified atom stereocenters. The van der Waals surface area contributed by atoms with Crippen LogP contribution in [0.4, 0.5) is 4.39 Å². The molecule has 3 heterocycles. The maximum Gasteiger partial charge on any atom is 0.225 e. The highest BCUT2D eigenvalue weighted by Gasteiger charge is 2.57. The van der Waals surface area contributed by atoms with Crippen LogP contribution in [0.15, 0.2) is 18.3 Å². The topological polar surface area (TPSA) is 45.7 Å². The molecule has 4 fully saturated rings. The van der Waals surface area contributed by atoms with Crippen molar-refractivity contribution in [3.63, 3.8) is 0 Å². The van der Waals surface area contributed by atoms with Crippen molar-refractivity contribution in [2.24, 2.45) is 5.92 Å². The van der Waals surface area contributed by atoms with E-state index in [0.29, 0.717) is 18.0 Å². The van der Waals surface area contributed by atoms with Gasteiger partial charge in [0.05, 0.1) is 16.9 Å². The predicted molar refractivity (Wildman–Crippen MR) is 106 cm³/mol. The normalized spacial score (nSPS) is 25.5. The average molecular weight is 410 g/mol. The van der Waals surface area contributed by atoms with Crippen molar-refractivity contribution in [1.82, 2.24) is 14.8 Å². The summed E-state index contributed by atoms with van der Waals surface area (Å²) in [7, 11) is 0. The van der Waals surface area contributed by atoms with Crippen LogP contribution in [0.3, 0.4) is 0 Å². The summed E-state index contributed by atoms with van der Waals surface area (Å²) in [6, 6.07) is 3.11. The second-order valence-electron chi connectivity index (χ2n) is 8.96. The third kappa shape index (κ3) is 4.05. The minimum Gasteiger partial charge on any atom is -0.365 e. The number of aromatic nitrogens is 1. The molecule has 2 saturated carbocycles. The highest BCUT2D eigenvalue weighted by atomic mass is 35.5. The van der Waals surface area contributed by atoms with Gasteiger partial charge in [-0.05, 0) is 50.7 Å². The van der Waals surface area contributed by atoms with Crippen LogP contribution in [-0.4, -0.2) is 64.6 Å². The molecule has 0 bridgehead atoms. The lowest BCUT2D eigenvalue weighted by atomic mass is 9.87. The molecule has 1 amide bonds. The Kier molecular flexibility index (Phi) is 5.40. The molecular formula is C21H29ClFN3O2. The molecule has 2 spiro atoms. The van der Waals surface area contributed by atoms with Crippen molar-refractivity contribution in [2.45, 2.75) is 56.1 Å². The Morgan fingerprint density at radius 1 is 1.18 bits per heavy atom. The maximum absolute atomic E-state index is 13.8. The van der Waals surface area contributed by atoms with E-state index < -0.39 is 0 Å². The average Bonchev–Trinajstić information content (AvgIpc) is 3.59. The van der Waals surface area contributed by atoms with Crippen LogP contribution < -0.4 is 0 Å². The number of ether oxygens (including phenoxy) is 1. The zero-order valence-electron chi connectivity index (χ0n) is 16.2.